The van der Waals surface area contributed by atoms with E-state index in [-0.39, 0.29) is 38.0 Å². The first-order chi connectivity index (χ1) is 20.2. The van der Waals surface area contributed by atoms with E-state index in [4.69, 9.17) is 24.2 Å². The van der Waals surface area contributed by atoms with Gasteiger partial charge in [0.05, 0.1) is 19.3 Å². The molecule has 6 aliphatic rings. The molecule has 0 radical (unpaired) electrons. The van der Waals surface area contributed by atoms with Crippen LogP contribution < -0.4 is 10.6 Å². The average molecular weight is 698 g/mol. The number of hydroxylamine groups is 2. The second-order valence-electron chi connectivity index (χ2n) is 12.5. The van der Waals surface area contributed by atoms with Crippen molar-refractivity contribution in [3.05, 3.63) is 33.4 Å². The quantitative estimate of drug-likeness (QED) is 0.199. The summed E-state index contributed by atoms with van der Waals surface area (Å²) in [6, 6.07) is 5.37. The Labute approximate surface area is 256 Å². The lowest BCUT2D eigenvalue weighted by atomic mass is 9.62. The maximum absolute atomic E-state index is 14.5. The fourth-order valence-electron chi connectivity index (χ4n) is 7.45. The molecule has 3 aliphatic carbocycles. The Kier molecular flexibility index (Phi) is 7.31. The van der Waals surface area contributed by atoms with Gasteiger partial charge in [0, 0.05) is 28.4 Å². The molecular formula is C29H36IN3O9. The lowest BCUT2D eigenvalue weighted by Crippen LogP contribution is -2.71. The van der Waals surface area contributed by atoms with Crippen molar-refractivity contribution in [2.24, 2.45) is 17.3 Å². The molecular weight excluding hydrogens is 661 g/mol. The first-order valence-corrected chi connectivity index (χ1v) is 15.9. The highest BCUT2D eigenvalue weighted by atomic mass is 127. The number of benzene rings is 1. The lowest BCUT2D eigenvalue weighted by molar-refractivity contribution is -0.235. The highest BCUT2D eigenvalue weighted by Gasteiger charge is 2.78. The number of esters is 1. The SMILES string of the molecule is CC(O)C(NC(=O)C12CC3OC(=O)C1N(Cc1cccc(I)c1)OC2C1OC(C2CC2)(C2CC2)OC31)C(=O)NCCO. The third-order valence-electron chi connectivity index (χ3n) is 9.60. The standard InChI is InChI=1S/C29H36IN3O9/c1-14(35)20(25(36)31-9-10-34)32-27(38)28-12-19-21-22(41-29(40-21,16-5-6-16)17-7-8-17)24(28)42-33(23(28)26(37)39-19)13-15-3-2-4-18(30)11-15/h2-4,11,14,16-17,19-24,34-35H,5-10,12-13H2,1H3,(H,31,36)(H,32,38). The first kappa shape index (κ1) is 28.9. The van der Waals surface area contributed by atoms with Crippen LogP contribution in [0.1, 0.15) is 44.6 Å². The van der Waals surface area contributed by atoms with E-state index < -0.39 is 71.6 Å². The maximum atomic E-state index is 14.5. The summed E-state index contributed by atoms with van der Waals surface area (Å²) in [5, 5.41) is 26.4. The zero-order chi connectivity index (χ0) is 29.4. The molecule has 3 heterocycles. The predicted octanol–water partition coefficient (Wildman–Crippen LogP) is 0.366. The monoisotopic (exact) mass is 697 g/mol. The Morgan fingerprint density at radius 2 is 1.88 bits per heavy atom. The number of carbonyl (C=O) groups is 3. The fourth-order valence-corrected chi connectivity index (χ4v) is 8.06. The molecule has 42 heavy (non-hydrogen) atoms. The van der Waals surface area contributed by atoms with Crippen LogP contribution in [0, 0.1) is 20.8 Å². The average Bonchev–Trinajstić information content (AvgIpc) is 3.89. The first-order valence-electron chi connectivity index (χ1n) is 14.8. The summed E-state index contributed by atoms with van der Waals surface area (Å²) < 4.78 is 20.6. The summed E-state index contributed by atoms with van der Waals surface area (Å²) in [4.78, 5) is 47.7. The molecule has 0 aromatic heterocycles. The third kappa shape index (κ3) is 4.58. The van der Waals surface area contributed by atoms with Gasteiger partial charge < -0.3 is 35.1 Å². The van der Waals surface area contributed by atoms with Crippen LogP contribution in [0.4, 0.5) is 0 Å². The smallest absolute Gasteiger partial charge is 0.327 e. The van der Waals surface area contributed by atoms with E-state index >= 15 is 0 Å². The van der Waals surface area contributed by atoms with Gasteiger partial charge in [0.1, 0.15) is 35.9 Å². The lowest BCUT2D eigenvalue weighted by Gasteiger charge is -2.49. The molecule has 8 unspecified atom stereocenters. The number of nitrogens with one attached hydrogen (secondary N) is 2. The van der Waals surface area contributed by atoms with Crippen LogP contribution in [-0.4, -0.2) is 94.6 Å². The fraction of sp³-hybridized carbons (Fsp3) is 0.690. The minimum atomic E-state index is -1.46. The minimum absolute atomic E-state index is 0.0329. The molecule has 12 nitrogen and oxygen atoms in total. The normalized spacial score (nSPS) is 36.1. The van der Waals surface area contributed by atoms with E-state index in [0.29, 0.717) is 0 Å². The topological polar surface area (TPSA) is 156 Å². The Balaban J connectivity index is 1.26. The molecule has 3 saturated carbocycles. The van der Waals surface area contributed by atoms with Crippen LogP contribution in [0.15, 0.2) is 24.3 Å². The van der Waals surface area contributed by atoms with Crippen LogP contribution in [-0.2, 0) is 40.0 Å². The number of fused-ring (bicyclic) bond motifs is 4. The van der Waals surface area contributed by atoms with Crippen LogP contribution in [0.3, 0.4) is 0 Å². The zero-order valence-electron chi connectivity index (χ0n) is 23.2. The molecule has 8 atom stereocenters. The third-order valence-corrected chi connectivity index (χ3v) is 10.3. The van der Waals surface area contributed by atoms with Crippen molar-refractivity contribution in [3.63, 3.8) is 0 Å². The Hall–Kier alpha value is -1.88. The summed E-state index contributed by atoms with van der Waals surface area (Å²) in [6.45, 7) is 1.30. The molecule has 7 rings (SSSR count). The molecule has 1 aromatic carbocycles. The molecule has 13 heteroatoms. The molecule has 3 saturated heterocycles. The number of amides is 2. The highest BCUT2D eigenvalue weighted by molar-refractivity contribution is 14.1. The van der Waals surface area contributed by atoms with Crippen molar-refractivity contribution < 1.29 is 43.6 Å². The number of carbonyl (C=O) groups excluding carboxylic acids is 3. The van der Waals surface area contributed by atoms with Gasteiger partial charge in [-0.25, -0.2) is 0 Å². The van der Waals surface area contributed by atoms with E-state index in [1.54, 1.807) is 0 Å². The molecule has 2 amide bonds. The van der Waals surface area contributed by atoms with Gasteiger partial charge in [0.2, 0.25) is 11.8 Å². The van der Waals surface area contributed by atoms with E-state index in [1.807, 2.05) is 24.3 Å². The second-order valence-corrected chi connectivity index (χ2v) is 13.7. The van der Waals surface area contributed by atoms with E-state index in [2.05, 4.69) is 33.2 Å². The molecule has 6 fully saturated rings. The van der Waals surface area contributed by atoms with E-state index in [1.165, 1.54) is 12.0 Å². The van der Waals surface area contributed by atoms with E-state index in [0.717, 1.165) is 34.8 Å². The summed E-state index contributed by atoms with van der Waals surface area (Å²) in [5.74, 6) is -2.09. The van der Waals surface area contributed by atoms with E-state index in [9.17, 15) is 19.5 Å². The van der Waals surface area contributed by atoms with Crippen molar-refractivity contribution in [1.29, 1.82) is 0 Å². The van der Waals surface area contributed by atoms with Gasteiger partial charge >= 0.3 is 5.97 Å². The van der Waals surface area contributed by atoms with Crippen molar-refractivity contribution in [2.45, 2.75) is 94.0 Å². The van der Waals surface area contributed by atoms with Gasteiger partial charge in [0.25, 0.3) is 0 Å². The second kappa shape index (κ2) is 10.6. The van der Waals surface area contributed by atoms with Crippen LogP contribution in [0.25, 0.3) is 0 Å². The number of aliphatic hydroxyl groups excluding tert-OH is 2. The van der Waals surface area contributed by atoms with Gasteiger partial charge in [0.15, 0.2) is 11.8 Å². The van der Waals surface area contributed by atoms with Crippen molar-refractivity contribution in [3.8, 4) is 0 Å². The number of halogens is 1. The molecule has 3 aliphatic heterocycles. The summed E-state index contributed by atoms with van der Waals surface area (Å²) in [5.41, 5.74) is -0.568. The van der Waals surface area contributed by atoms with Crippen molar-refractivity contribution in [2.75, 3.05) is 13.2 Å². The van der Waals surface area contributed by atoms with Gasteiger partial charge in [-0.3, -0.25) is 19.2 Å². The van der Waals surface area contributed by atoms with Crippen molar-refractivity contribution >= 4 is 40.4 Å². The Morgan fingerprint density at radius 1 is 1.17 bits per heavy atom. The predicted molar refractivity (Wildman–Crippen MR) is 152 cm³/mol. The van der Waals surface area contributed by atoms with Gasteiger partial charge in [-0.15, -0.1) is 0 Å². The summed E-state index contributed by atoms with van der Waals surface area (Å²) >= 11 is 2.22. The zero-order valence-corrected chi connectivity index (χ0v) is 25.4. The van der Waals surface area contributed by atoms with Crippen LogP contribution in [0.2, 0.25) is 0 Å². The van der Waals surface area contributed by atoms with Gasteiger partial charge in [-0.05, 0) is 72.9 Å². The maximum Gasteiger partial charge on any atom is 0.327 e. The highest BCUT2D eigenvalue weighted by Crippen LogP contribution is 2.63. The number of rotatable bonds is 10. The summed E-state index contributed by atoms with van der Waals surface area (Å²) in [6.07, 6.45) is 0.0233. The Bertz CT molecular complexity index is 1260. The van der Waals surface area contributed by atoms with Crippen LogP contribution >= 0.6 is 22.6 Å². The minimum Gasteiger partial charge on any atom is -0.458 e. The number of hydrogen-bond acceptors (Lipinski definition) is 10. The number of ether oxygens (including phenoxy) is 3. The summed E-state index contributed by atoms with van der Waals surface area (Å²) in [7, 11) is 0. The van der Waals surface area contributed by atoms with Gasteiger partial charge in [-0.2, -0.15) is 5.06 Å². The molecule has 2 bridgehead atoms. The molecule has 1 aromatic rings. The number of hydrogen-bond donors (Lipinski definition) is 4. The number of nitrogens with zero attached hydrogens (tertiary/aromatic N) is 1. The Morgan fingerprint density at radius 3 is 2.52 bits per heavy atom. The largest absolute Gasteiger partial charge is 0.458 e. The van der Waals surface area contributed by atoms with Gasteiger partial charge in [-0.1, -0.05) is 12.1 Å². The van der Waals surface area contributed by atoms with Crippen LogP contribution in [0.5, 0.6) is 0 Å². The molecule has 0 spiro atoms. The number of aliphatic hydroxyl groups is 2. The molecule has 4 N–H and O–H groups in total. The van der Waals surface area contributed by atoms with Crippen molar-refractivity contribution in [1.82, 2.24) is 15.7 Å². The molecule has 228 valence electrons.